The molecule has 0 spiro atoms. The molecule has 4 heteroatoms. The summed E-state index contributed by atoms with van der Waals surface area (Å²) in [5.41, 5.74) is 10.5. The van der Waals surface area contributed by atoms with Crippen LogP contribution in [0.4, 0.5) is 17.1 Å². The Morgan fingerprint density at radius 3 is 2.75 bits per heavy atom. The first-order chi connectivity index (χ1) is 9.66. The summed E-state index contributed by atoms with van der Waals surface area (Å²) in [5.74, 6) is 0. The van der Waals surface area contributed by atoms with Crippen molar-refractivity contribution in [3.8, 4) is 0 Å². The zero-order valence-corrected chi connectivity index (χ0v) is 11.8. The number of anilines is 3. The van der Waals surface area contributed by atoms with Crippen LogP contribution >= 0.6 is 11.6 Å². The molecule has 1 heterocycles. The van der Waals surface area contributed by atoms with Gasteiger partial charge in [-0.15, -0.1) is 0 Å². The molecule has 3 N–H and O–H groups in total. The predicted molar refractivity (Wildman–Crippen MR) is 85.6 cm³/mol. The van der Waals surface area contributed by atoms with Gasteiger partial charge in [0.1, 0.15) is 0 Å². The van der Waals surface area contributed by atoms with E-state index in [4.69, 9.17) is 17.3 Å². The molecule has 0 bridgehead atoms. The number of hydrogen-bond donors (Lipinski definition) is 2. The van der Waals surface area contributed by atoms with Gasteiger partial charge in [-0.25, -0.2) is 0 Å². The molecule has 3 nitrogen and oxygen atoms in total. The molecular weight excluding hydrogens is 270 g/mol. The number of fused-ring (bicyclic) bond motifs is 1. The van der Waals surface area contributed by atoms with Gasteiger partial charge >= 0.3 is 0 Å². The van der Waals surface area contributed by atoms with Gasteiger partial charge in [0.25, 0.3) is 0 Å². The number of nitrogens with zero attached hydrogens (tertiary/aromatic N) is 1. The van der Waals surface area contributed by atoms with Crippen molar-refractivity contribution >= 4 is 39.6 Å². The molecule has 20 heavy (non-hydrogen) atoms. The molecule has 0 fully saturated rings. The maximum Gasteiger partial charge on any atom is 0.0957 e. The SMILES string of the molecule is Cc1c(Cl)cccc1Nc1ccc(N)c2cccnc12. The second-order valence-electron chi connectivity index (χ2n) is 4.64. The van der Waals surface area contributed by atoms with Crippen LogP contribution in [-0.4, -0.2) is 4.98 Å². The number of aromatic nitrogens is 1. The van der Waals surface area contributed by atoms with E-state index in [1.54, 1.807) is 6.20 Å². The minimum absolute atomic E-state index is 0.724. The van der Waals surface area contributed by atoms with Crippen LogP contribution in [0.1, 0.15) is 5.56 Å². The molecule has 100 valence electrons. The van der Waals surface area contributed by atoms with E-state index in [1.165, 1.54) is 0 Å². The molecule has 3 rings (SSSR count). The van der Waals surface area contributed by atoms with Crippen LogP contribution in [0.25, 0.3) is 10.9 Å². The van der Waals surface area contributed by atoms with Crippen LogP contribution in [0.2, 0.25) is 5.02 Å². The Morgan fingerprint density at radius 2 is 1.90 bits per heavy atom. The number of nitrogens with one attached hydrogen (secondary N) is 1. The molecule has 0 aliphatic rings. The highest BCUT2D eigenvalue weighted by molar-refractivity contribution is 6.31. The summed E-state index contributed by atoms with van der Waals surface area (Å²) in [6.07, 6.45) is 1.76. The summed E-state index contributed by atoms with van der Waals surface area (Å²) in [5, 5.41) is 5.06. The van der Waals surface area contributed by atoms with Crippen LogP contribution in [0.3, 0.4) is 0 Å². The van der Waals surface area contributed by atoms with Crippen molar-refractivity contribution in [1.29, 1.82) is 0 Å². The molecular formula is C16H14ClN3. The van der Waals surface area contributed by atoms with Crippen molar-refractivity contribution in [2.75, 3.05) is 11.1 Å². The summed E-state index contributed by atoms with van der Waals surface area (Å²) in [6.45, 7) is 1.98. The van der Waals surface area contributed by atoms with Gasteiger partial charge in [-0.3, -0.25) is 4.98 Å². The number of nitrogens with two attached hydrogens (primary N) is 1. The number of pyridine rings is 1. The van der Waals surface area contributed by atoms with E-state index in [0.717, 1.165) is 38.6 Å². The smallest absolute Gasteiger partial charge is 0.0957 e. The summed E-state index contributed by atoms with van der Waals surface area (Å²) < 4.78 is 0. The molecule has 3 aromatic rings. The van der Waals surface area contributed by atoms with Gasteiger partial charge in [0.05, 0.1) is 11.2 Å². The van der Waals surface area contributed by atoms with Gasteiger partial charge in [-0.2, -0.15) is 0 Å². The Kier molecular flexibility index (Phi) is 3.20. The van der Waals surface area contributed by atoms with Gasteiger partial charge in [-0.1, -0.05) is 17.7 Å². The number of nitrogen functional groups attached to an aromatic ring is 1. The average Bonchev–Trinajstić information content (AvgIpc) is 2.47. The molecule has 0 unspecified atom stereocenters. The average molecular weight is 284 g/mol. The van der Waals surface area contributed by atoms with E-state index in [0.29, 0.717) is 0 Å². The van der Waals surface area contributed by atoms with Crippen molar-refractivity contribution in [1.82, 2.24) is 4.98 Å². The van der Waals surface area contributed by atoms with E-state index in [-0.39, 0.29) is 0 Å². The molecule has 0 radical (unpaired) electrons. The highest BCUT2D eigenvalue weighted by Crippen LogP contribution is 2.31. The number of hydrogen-bond acceptors (Lipinski definition) is 3. The first-order valence-corrected chi connectivity index (χ1v) is 6.70. The Hall–Kier alpha value is -2.26. The minimum atomic E-state index is 0.724. The van der Waals surface area contributed by atoms with Gasteiger partial charge < -0.3 is 11.1 Å². The monoisotopic (exact) mass is 283 g/mol. The minimum Gasteiger partial charge on any atom is -0.398 e. The zero-order valence-electron chi connectivity index (χ0n) is 11.0. The lowest BCUT2D eigenvalue weighted by Crippen LogP contribution is -1.97. The molecule has 0 saturated carbocycles. The van der Waals surface area contributed by atoms with E-state index < -0.39 is 0 Å². The third-order valence-corrected chi connectivity index (χ3v) is 3.75. The van der Waals surface area contributed by atoms with Crippen LogP contribution in [-0.2, 0) is 0 Å². The lowest BCUT2D eigenvalue weighted by atomic mass is 10.1. The van der Waals surface area contributed by atoms with Gasteiger partial charge in [0.2, 0.25) is 0 Å². The largest absolute Gasteiger partial charge is 0.398 e. The maximum absolute atomic E-state index is 6.15. The molecule has 0 atom stereocenters. The third kappa shape index (κ3) is 2.17. The Labute approximate surface area is 122 Å². The zero-order chi connectivity index (χ0) is 14.1. The molecule has 0 amide bonds. The van der Waals surface area contributed by atoms with E-state index in [9.17, 15) is 0 Å². The van der Waals surface area contributed by atoms with Crippen LogP contribution in [0.15, 0.2) is 48.7 Å². The van der Waals surface area contributed by atoms with E-state index in [2.05, 4.69) is 10.3 Å². The molecule has 2 aromatic carbocycles. The quantitative estimate of drug-likeness (QED) is 0.680. The summed E-state index contributed by atoms with van der Waals surface area (Å²) in [4.78, 5) is 4.41. The van der Waals surface area contributed by atoms with Gasteiger partial charge in [0, 0.05) is 28.0 Å². The highest BCUT2D eigenvalue weighted by Gasteiger charge is 2.07. The maximum atomic E-state index is 6.15. The van der Waals surface area contributed by atoms with E-state index >= 15 is 0 Å². The van der Waals surface area contributed by atoms with Crippen molar-refractivity contribution < 1.29 is 0 Å². The first kappa shape index (κ1) is 12.8. The molecule has 1 aromatic heterocycles. The number of benzene rings is 2. The van der Waals surface area contributed by atoms with E-state index in [1.807, 2.05) is 49.4 Å². The fraction of sp³-hybridized carbons (Fsp3) is 0.0625. The summed E-state index contributed by atoms with van der Waals surface area (Å²) >= 11 is 6.15. The topological polar surface area (TPSA) is 50.9 Å². The first-order valence-electron chi connectivity index (χ1n) is 6.32. The molecule has 0 aliphatic heterocycles. The fourth-order valence-corrected chi connectivity index (χ4v) is 2.36. The van der Waals surface area contributed by atoms with Crippen molar-refractivity contribution in [2.45, 2.75) is 6.92 Å². The Bertz CT molecular complexity index is 784. The highest BCUT2D eigenvalue weighted by atomic mass is 35.5. The predicted octanol–water partition coefficient (Wildman–Crippen LogP) is 4.52. The summed E-state index contributed by atoms with van der Waals surface area (Å²) in [7, 11) is 0. The van der Waals surface area contributed by atoms with Gasteiger partial charge in [0.15, 0.2) is 0 Å². The van der Waals surface area contributed by atoms with Gasteiger partial charge in [-0.05, 0) is 48.9 Å². The fourth-order valence-electron chi connectivity index (χ4n) is 2.18. The lowest BCUT2D eigenvalue weighted by Gasteiger charge is -2.13. The second kappa shape index (κ2) is 5.02. The van der Waals surface area contributed by atoms with Crippen molar-refractivity contribution in [3.63, 3.8) is 0 Å². The van der Waals surface area contributed by atoms with Crippen LogP contribution in [0.5, 0.6) is 0 Å². The Morgan fingerprint density at radius 1 is 1.05 bits per heavy atom. The normalized spacial score (nSPS) is 10.7. The number of halogens is 1. The van der Waals surface area contributed by atoms with Crippen molar-refractivity contribution in [3.05, 3.63) is 59.2 Å². The van der Waals surface area contributed by atoms with Crippen molar-refractivity contribution in [2.24, 2.45) is 0 Å². The molecule has 0 aliphatic carbocycles. The Balaban J connectivity index is 2.12. The van der Waals surface area contributed by atoms with Crippen LogP contribution < -0.4 is 11.1 Å². The second-order valence-corrected chi connectivity index (χ2v) is 5.05. The lowest BCUT2D eigenvalue weighted by molar-refractivity contribution is 1.39. The van der Waals surface area contributed by atoms with Crippen LogP contribution in [0, 0.1) is 6.92 Å². The number of rotatable bonds is 2. The standard InChI is InChI=1S/C16H14ClN3/c1-10-12(17)5-2-6-14(10)20-15-8-7-13(18)11-4-3-9-19-16(11)15/h2-9,20H,18H2,1H3. The molecule has 0 saturated heterocycles. The summed E-state index contributed by atoms with van der Waals surface area (Å²) in [6, 6.07) is 13.5. The third-order valence-electron chi connectivity index (χ3n) is 3.34.